The number of ether oxygens (including phenoxy) is 1. The largest absolute Gasteiger partial charge is 0.471 e. The number of nitrogens with two attached hydrogens (primary N) is 2. The summed E-state index contributed by atoms with van der Waals surface area (Å²) in [5, 5.41) is 10.9. The fourth-order valence-corrected chi connectivity index (χ4v) is 4.01. The molecular formula is C19H20N4OS2. The van der Waals surface area contributed by atoms with Crippen LogP contribution in [0.1, 0.15) is 16.7 Å². The van der Waals surface area contributed by atoms with Gasteiger partial charge in [0.15, 0.2) is 6.23 Å². The Balaban J connectivity index is 1.69. The molecule has 1 unspecified atom stereocenters. The average molecular weight is 385 g/mol. The molecule has 0 radical (unpaired) electrons. The Kier molecular flexibility index (Phi) is 5.82. The number of hydrogen-bond donors (Lipinski definition) is 4. The van der Waals surface area contributed by atoms with Crippen molar-refractivity contribution >= 4 is 40.3 Å². The van der Waals surface area contributed by atoms with Crippen molar-refractivity contribution in [2.45, 2.75) is 10.4 Å². The molecule has 0 saturated carbocycles. The molecule has 7 heteroatoms. The van der Waals surface area contributed by atoms with Crippen LogP contribution in [-0.4, -0.2) is 12.1 Å². The van der Waals surface area contributed by atoms with E-state index in [4.69, 9.17) is 21.6 Å². The molecule has 0 aliphatic heterocycles. The van der Waals surface area contributed by atoms with E-state index in [1.165, 1.54) is 11.3 Å². The molecule has 0 fully saturated rings. The van der Waals surface area contributed by atoms with E-state index >= 15 is 0 Å². The number of nitrogens with one attached hydrogen (secondary N) is 2. The lowest BCUT2D eigenvalue weighted by molar-refractivity contribution is 0.214. The van der Waals surface area contributed by atoms with Gasteiger partial charge in [0.25, 0.3) is 0 Å². The highest BCUT2D eigenvalue weighted by Gasteiger charge is 2.11. The molecule has 2 aromatic carbocycles. The Morgan fingerprint density at radius 1 is 1.15 bits per heavy atom. The van der Waals surface area contributed by atoms with Gasteiger partial charge in [0, 0.05) is 11.3 Å². The van der Waals surface area contributed by atoms with Gasteiger partial charge in [-0.25, -0.2) is 0 Å². The van der Waals surface area contributed by atoms with Crippen LogP contribution in [0.15, 0.2) is 64.9 Å². The van der Waals surface area contributed by atoms with E-state index < -0.39 is 6.23 Å². The Morgan fingerprint density at radius 2 is 1.85 bits per heavy atom. The van der Waals surface area contributed by atoms with Gasteiger partial charge in [-0.1, -0.05) is 30.3 Å². The van der Waals surface area contributed by atoms with Crippen molar-refractivity contribution in [3.05, 3.63) is 71.1 Å². The summed E-state index contributed by atoms with van der Waals surface area (Å²) in [5.74, 6) is 0.781. The summed E-state index contributed by atoms with van der Waals surface area (Å²) >= 11 is 3.13. The molecule has 6 N–H and O–H groups in total. The predicted molar refractivity (Wildman–Crippen MR) is 111 cm³/mol. The third-order valence-corrected chi connectivity index (χ3v) is 5.98. The van der Waals surface area contributed by atoms with Crippen LogP contribution in [0.4, 0.5) is 11.4 Å². The maximum absolute atomic E-state index is 7.59. The van der Waals surface area contributed by atoms with Crippen LogP contribution in [0.3, 0.4) is 0 Å². The highest BCUT2D eigenvalue weighted by atomic mass is 32.2. The lowest BCUT2D eigenvalue weighted by Crippen LogP contribution is -2.17. The zero-order valence-electron chi connectivity index (χ0n) is 14.2. The molecule has 0 aliphatic carbocycles. The highest BCUT2D eigenvalue weighted by molar-refractivity contribution is 8.00. The van der Waals surface area contributed by atoms with E-state index in [1.54, 1.807) is 11.8 Å². The van der Waals surface area contributed by atoms with Crippen LogP contribution in [0.25, 0.3) is 0 Å². The van der Waals surface area contributed by atoms with E-state index in [-0.39, 0.29) is 5.84 Å². The molecule has 0 spiro atoms. The van der Waals surface area contributed by atoms with Crippen LogP contribution >= 0.6 is 23.1 Å². The molecule has 1 atom stereocenters. The fraction of sp³-hybridized carbons (Fsp3) is 0.105. The van der Waals surface area contributed by atoms with E-state index in [9.17, 15) is 0 Å². The second kappa shape index (κ2) is 8.27. The van der Waals surface area contributed by atoms with Gasteiger partial charge in [0.05, 0.1) is 14.8 Å². The van der Waals surface area contributed by atoms with Gasteiger partial charge in [-0.2, -0.15) is 0 Å². The average Bonchev–Trinajstić information content (AvgIpc) is 3.07. The normalized spacial score (nSPS) is 11.8. The maximum atomic E-state index is 7.59. The van der Waals surface area contributed by atoms with Gasteiger partial charge >= 0.3 is 0 Å². The first-order valence-electron chi connectivity index (χ1n) is 7.93. The van der Waals surface area contributed by atoms with Gasteiger partial charge in [-0.3, -0.25) is 11.1 Å². The molecule has 3 aromatic rings. The maximum Gasteiger partial charge on any atom is 0.174 e. The minimum Gasteiger partial charge on any atom is -0.471 e. The van der Waals surface area contributed by atoms with Crippen LogP contribution in [0.2, 0.25) is 0 Å². The third-order valence-electron chi connectivity index (χ3n) is 3.67. The zero-order valence-corrected chi connectivity index (χ0v) is 15.9. The highest BCUT2D eigenvalue weighted by Crippen LogP contribution is 2.36. The van der Waals surface area contributed by atoms with Crippen LogP contribution in [0, 0.1) is 5.41 Å². The quantitative estimate of drug-likeness (QED) is 0.208. The van der Waals surface area contributed by atoms with Crippen molar-refractivity contribution in [2.75, 3.05) is 11.6 Å². The summed E-state index contributed by atoms with van der Waals surface area (Å²) in [4.78, 5) is 0.755. The van der Waals surface area contributed by atoms with Gasteiger partial charge in [0.1, 0.15) is 11.6 Å². The summed E-state index contributed by atoms with van der Waals surface area (Å²) < 4.78 is 6.87. The van der Waals surface area contributed by atoms with E-state index in [0.29, 0.717) is 5.75 Å². The minimum absolute atomic E-state index is 0.0806. The molecule has 26 heavy (non-hydrogen) atoms. The van der Waals surface area contributed by atoms with Crippen molar-refractivity contribution in [3.8, 4) is 5.75 Å². The van der Waals surface area contributed by atoms with Crippen molar-refractivity contribution in [2.24, 2.45) is 11.5 Å². The molecule has 1 heterocycles. The molecule has 0 bridgehead atoms. The second-order valence-electron chi connectivity index (χ2n) is 5.53. The van der Waals surface area contributed by atoms with Crippen LogP contribution in [-0.2, 0) is 0 Å². The molecule has 3 rings (SSSR count). The standard InChI is InChI=1S/C19H20N4OS2/c1-25-19-15(11-16(26-19)17(20)21)23-13-7-9-14(10-8-13)24-18(22)12-5-3-2-4-6-12/h2-11,18,23H,22H2,1H3,(H3,20,21). The van der Waals surface area contributed by atoms with Gasteiger partial charge in [-0.15, -0.1) is 23.1 Å². The summed E-state index contributed by atoms with van der Waals surface area (Å²) in [7, 11) is 0. The Morgan fingerprint density at radius 3 is 2.46 bits per heavy atom. The van der Waals surface area contributed by atoms with E-state index in [1.807, 2.05) is 66.9 Å². The third kappa shape index (κ3) is 4.37. The monoisotopic (exact) mass is 384 g/mol. The topological polar surface area (TPSA) is 97.2 Å². The number of thioether (sulfide) groups is 1. The summed E-state index contributed by atoms with van der Waals surface area (Å²) in [5.41, 5.74) is 14.5. The molecular weight excluding hydrogens is 364 g/mol. The Labute approximate surface area is 160 Å². The van der Waals surface area contributed by atoms with E-state index in [2.05, 4.69) is 5.32 Å². The smallest absolute Gasteiger partial charge is 0.174 e. The number of anilines is 2. The predicted octanol–water partition coefficient (Wildman–Crippen LogP) is 4.53. The number of thiophene rings is 1. The number of hydrogen-bond acceptors (Lipinski definition) is 6. The Hall–Kier alpha value is -2.48. The molecule has 1 aromatic heterocycles. The number of nitrogen functional groups attached to an aromatic ring is 1. The van der Waals surface area contributed by atoms with Gasteiger partial charge < -0.3 is 15.8 Å². The lowest BCUT2D eigenvalue weighted by Gasteiger charge is -2.15. The van der Waals surface area contributed by atoms with Crippen molar-refractivity contribution in [1.82, 2.24) is 0 Å². The molecule has 5 nitrogen and oxygen atoms in total. The van der Waals surface area contributed by atoms with Crippen LogP contribution < -0.4 is 21.5 Å². The summed E-state index contributed by atoms with van der Waals surface area (Å²) in [6.45, 7) is 0. The zero-order chi connectivity index (χ0) is 18.5. The number of amidine groups is 1. The van der Waals surface area contributed by atoms with Crippen molar-refractivity contribution < 1.29 is 4.74 Å². The number of rotatable bonds is 7. The molecule has 134 valence electrons. The second-order valence-corrected chi connectivity index (χ2v) is 7.66. The van der Waals surface area contributed by atoms with Crippen molar-refractivity contribution in [3.63, 3.8) is 0 Å². The van der Waals surface area contributed by atoms with Gasteiger partial charge in [-0.05, 0) is 36.6 Å². The van der Waals surface area contributed by atoms with Crippen molar-refractivity contribution in [1.29, 1.82) is 5.41 Å². The summed E-state index contributed by atoms with van der Waals surface area (Å²) in [6, 6.07) is 19.2. The van der Waals surface area contributed by atoms with E-state index in [0.717, 1.165) is 26.0 Å². The molecule has 0 aliphatic rings. The summed E-state index contributed by atoms with van der Waals surface area (Å²) in [6.07, 6.45) is 1.50. The first kappa shape index (κ1) is 18.3. The van der Waals surface area contributed by atoms with Gasteiger partial charge in [0.2, 0.25) is 0 Å². The number of benzene rings is 2. The fourth-order valence-electron chi connectivity index (χ4n) is 2.38. The van der Waals surface area contributed by atoms with Crippen LogP contribution in [0.5, 0.6) is 5.75 Å². The molecule has 0 amide bonds. The molecule has 0 saturated heterocycles. The Bertz CT molecular complexity index is 878. The first-order chi connectivity index (χ1) is 12.6. The lowest BCUT2D eigenvalue weighted by atomic mass is 10.2. The minimum atomic E-state index is -0.506. The SMILES string of the molecule is CSc1sc(C(=N)N)cc1Nc1ccc(OC(N)c2ccccc2)cc1. The first-order valence-corrected chi connectivity index (χ1v) is 9.97.